The number of likely N-dealkylation sites (tertiary alicyclic amines) is 1. The number of rotatable bonds is 3. The van der Waals surface area contributed by atoms with E-state index in [0.717, 1.165) is 17.9 Å². The van der Waals surface area contributed by atoms with E-state index in [1.54, 1.807) is 7.11 Å². The molecule has 1 aliphatic heterocycles. The number of amides is 1. The van der Waals surface area contributed by atoms with Crippen molar-refractivity contribution in [3.8, 4) is 0 Å². The van der Waals surface area contributed by atoms with Crippen molar-refractivity contribution in [2.45, 2.75) is 44.6 Å². The molecule has 0 radical (unpaired) electrons. The van der Waals surface area contributed by atoms with Crippen LogP contribution < -0.4 is 0 Å². The van der Waals surface area contributed by atoms with Gasteiger partial charge in [-0.2, -0.15) is 0 Å². The van der Waals surface area contributed by atoms with Crippen molar-refractivity contribution < 1.29 is 14.3 Å². The van der Waals surface area contributed by atoms with E-state index in [9.17, 15) is 4.79 Å². The van der Waals surface area contributed by atoms with E-state index in [1.807, 2.05) is 37.8 Å². The lowest BCUT2D eigenvalue weighted by atomic mass is 9.80. The molecule has 3 rings (SSSR count). The molecule has 0 aromatic heterocycles. The van der Waals surface area contributed by atoms with Crippen LogP contribution in [0.2, 0.25) is 5.02 Å². The topological polar surface area (TPSA) is 38.8 Å². The number of piperidine rings is 1. The summed E-state index contributed by atoms with van der Waals surface area (Å²) in [5.74, 6) is 0. The standard InChI is InChI=1S/C19H26ClNO3/c1-17(2,3)24-16(22)21-10-9-19(11-18(19,12-21)13-23-4)14-5-7-15(20)8-6-14/h5-8H,9-13H2,1-4H3/t18?,19-/m1/s1. The molecule has 132 valence electrons. The maximum Gasteiger partial charge on any atom is 0.410 e. The van der Waals surface area contributed by atoms with Gasteiger partial charge in [-0.05, 0) is 51.3 Å². The summed E-state index contributed by atoms with van der Waals surface area (Å²) >= 11 is 6.04. The molecule has 2 fully saturated rings. The van der Waals surface area contributed by atoms with E-state index in [1.165, 1.54) is 5.56 Å². The van der Waals surface area contributed by atoms with Gasteiger partial charge in [0, 0.05) is 36.1 Å². The molecule has 24 heavy (non-hydrogen) atoms. The third-order valence-electron chi connectivity index (χ3n) is 5.30. The SMILES string of the molecule is COCC12CN(C(=O)OC(C)(C)C)CC[C@]1(c1ccc(Cl)cc1)C2. The first-order valence-electron chi connectivity index (χ1n) is 8.44. The summed E-state index contributed by atoms with van der Waals surface area (Å²) < 4.78 is 11.1. The zero-order chi connectivity index (χ0) is 17.6. The Morgan fingerprint density at radius 1 is 1.29 bits per heavy atom. The summed E-state index contributed by atoms with van der Waals surface area (Å²) in [6, 6.07) is 8.12. The number of nitrogens with zero attached hydrogens (tertiary/aromatic N) is 1. The molecular weight excluding hydrogens is 326 g/mol. The van der Waals surface area contributed by atoms with E-state index >= 15 is 0 Å². The van der Waals surface area contributed by atoms with Gasteiger partial charge < -0.3 is 14.4 Å². The number of hydrogen-bond donors (Lipinski definition) is 0. The molecule has 0 spiro atoms. The molecule has 1 aromatic rings. The molecule has 2 atom stereocenters. The third-order valence-corrected chi connectivity index (χ3v) is 5.55. The van der Waals surface area contributed by atoms with Gasteiger partial charge >= 0.3 is 6.09 Å². The molecule has 1 aromatic carbocycles. The Balaban J connectivity index is 1.80. The quantitative estimate of drug-likeness (QED) is 0.816. The maximum atomic E-state index is 12.5. The molecule has 0 bridgehead atoms. The molecule has 1 amide bonds. The minimum Gasteiger partial charge on any atom is -0.444 e. The molecule has 5 heteroatoms. The van der Waals surface area contributed by atoms with Gasteiger partial charge in [-0.15, -0.1) is 0 Å². The zero-order valence-corrected chi connectivity index (χ0v) is 15.7. The highest BCUT2D eigenvalue weighted by Gasteiger charge is 2.70. The summed E-state index contributed by atoms with van der Waals surface area (Å²) in [4.78, 5) is 14.3. The van der Waals surface area contributed by atoms with Crippen LogP contribution in [0.3, 0.4) is 0 Å². The predicted octanol–water partition coefficient (Wildman–Crippen LogP) is 4.26. The van der Waals surface area contributed by atoms with Gasteiger partial charge in [-0.3, -0.25) is 0 Å². The maximum absolute atomic E-state index is 12.5. The average molecular weight is 352 g/mol. The summed E-state index contributed by atoms with van der Waals surface area (Å²) in [5.41, 5.74) is 0.893. The number of methoxy groups -OCH3 is 1. The zero-order valence-electron chi connectivity index (χ0n) is 14.9. The predicted molar refractivity (Wildman–Crippen MR) is 94.5 cm³/mol. The number of fused-ring (bicyclic) bond motifs is 1. The van der Waals surface area contributed by atoms with Crippen LogP contribution >= 0.6 is 11.6 Å². The Hall–Kier alpha value is -1.26. The highest BCUT2D eigenvalue weighted by Crippen LogP contribution is 2.68. The van der Waals surface area contributed by atoms with Crippen LogP contribution in [0.1, 0.15) is 39.2 Å². The molecule has 1 heterocycles. The van der Waals surface area contributed by atoms with Crippen molar-refractivity contribution in [1.29, 1.82) is 0 Å². The average Bonchev–Trinajstić information content (AvgIpc) is 3.15. The van der Waals surface area contributed by atoms with Gasteiger partial charge in [-0.1, -0.05) is 23.7 Å². The largest absolute Gasteiger partial charge is 0.444 e. The summed E-state index contributed by atoms with van der Waals surface area (Å²) in [5, 5.41) is 0.749. The lowest BCUT2D eigenvalue weighted by molar-refractivity contribution is 0.00562. The fourth-order valence-electron chi connectivity index (χ4n) is 4.18. The van der Waals surface area contributed by atoms with E-state index in [-0.39, 0.29) is 16.9 Å². The van der Waals surface area contributed by atoms with E-state index in [2.05, 4.69) is 12.1 Å². The first kappa shape index (κ1) is 17.6. The van der Waals surface area contributed by atoms with Crippen LogP contribution in [0.4, 0.5) is 4.79 Å². The first-order valence-corrected chi connectivity index (χ1v) is 8.82. The number of carbonyl (C=O) groups is 1. The van der Waals surface area contributed by atoms with Gasteiger partial charge in [0.1, 0.15) is 5.60 Å². The van der Waals surface area contributed by atoms with Gasteiger partial charge in [0.15, 0.2) is 0 Å². The Morgan fingerprint density at radius 2 is 1.96 bits per heavy atom. The van der Waals surface area contributed by atoms with Gasteiger partial charge in [0.2, 0.25) is 0 Å². The third kappa shape index (κ3) is 3.02. The summed E-state index contributed by atoms with van der Waals surface area (Å²) in [7, 11) is 1.73. The van der Waals surface area contributed by atoms with Crippen molar-refractivity contribution >= 4 is 17.7 Å². The number of benzene rings is 1. The fraction of sp³-hybridized carbons (Fsp3) is 0.632. The van der Waals surface area contributed by atoms with Crippen LogP contribution in [-0.2, 0) is 14.9 Å². The van der Waals surface area contributed by atoms with Crippen LogP contribution in [0.25, 0.3) is 0 Å². The second-order valence-electron chi connectivity index (χ2n) is 8.13. The Bertz CT molecular complexity index is 624. The molecule has 0 N–H and O–H groups in total. The molecular formula is C19H26ClNO3. The molecule has 2 aliphatic rings. The molecule has 1 saturated heterocycles. The number of hydrogen-bond acceptors (Lipinski definition) is 3. The first-order chi connectivity index (χ1) is 11.2. The highest BCUT2D eigenvalue weighted by molar-refractivity contribution is 6.30. The lowest BCUT2D eigenvalue weighted by Gasteiger charge is -2.38. The minimum absolute atomic E-state index is 0.0231. The second kappa shape index (κ2) is 5.92. The molecule has 1 unspecified atom stereocenters. The van der Waals surface area contributed by atoms with Crippen LogP contribution in [-0.4, -0.2) is 43.4 Å². The van der Waals surface area contributed by atoms with Crippen LogP contribution in [0.5, 0.6) is 0 Å². The monoisotopic (exact) mass is 351 g/mol. The van der Waals surface area contributed by atoms with Gasteiger partial charge in [0.05, 0.1) is 6.61 Å². The summed E-state index contributed by atoms with van der Waals surface area (Å²) in [6.07, 6.45) is 1.74. The minimum atomic E-state index is -0.472. The molecule has 4 nitrogen and oxygen atoms in total. The van der Waals surface area contributed by atoms with Crippen molar-refractivity contribution in [3.05, 3.63) is 34.9 Å². The number of halogens is 1. The van der Waals surface area contributed by atoms with Crippen LogP contribution in [0, 0.1) is 5.41 Å². The Labute approximate surface area is 149 Å². The van der Waals surface area contributed by atoms with Crippen molar-refractivity contribution in [1.82, 2.24) is 4.90 Å². The summed E-state index contributed by atoms with van der Waals surface area (Å²) in [6.45, 7) is 7.73. The van der Waals surface area contributed by atoms with Crippen LogP contribution in [0.15, 0.2) is 24.3 Å². The van der Waals surface area contributed by atoms with E-state index < -0.39 is 5.60 Å². The van der Waals surface area contributed by atoms with Crippen molar-refractivity contribution in [2.75, 3.05) is 26.8 Å². The smallest absolute Gasteiger partial charge is 0.410 e. The van der Waals surface area contributed by atoms with Gasteiger partial charge in [0.25, 0.3) is 0 Å². The number of carbonyl (C=O) groups excluding carboxylic acids is 1. The van der Waals surface area contributed by atoms with Crippen molar-refractivity contribution in [2.24, 2.45) is 5.41 Å². The van der Waals surface area contributed by atoms with E-state index in [0.29, 0.717) is 19.7 Å². The van der Waals surface area contributed by atoms with Crippen molar-refractivity contribution in [3.63, 3.8) is 0 Å². The normalized spacial score (nSPS) is 29.1. The van der Waals surface area contributed by atoms with Gasteiger partial charge in [-0.25, -0.2) is 4.79 Å². The Morgan fingerprint density at radius 3 is 2.54 bits per heavy atom. The number of ether oxygens (including phenoxy) is 2. The molecule has 1 saturated carbocycles. The van der Waals surface area contributed by atoms with E-state index in [4.69, 9.17) is 21.1 Å². The highest BCUT2D eigenvalue weighted by atomic mass is 35.5. The molecule has 1 aliphatic carbocycles. The Kier molecular flexibility index (Phi) is 4.33. The second-order valence-corrected chi connectivity index (χ2v) is 8.57. The lowest BCUT2D eigenvalue weighted by Crippen LogP contribution is -2.48. The fourth-order valence-corrected chi connectivity index (χ4v) is 4.31.